The number of hydrogen-bond acceptors (Lipinski definition) is 3. The molecule has 1 aromatic carbocycles. The van der Waals surface area contributed by atoms with Gasteiger partial charge in [-0.05, 0) is 31.4 Å². The van der Waals surface area contributed by atoms with Crippen molar-refractivity contribution >= 4 is 12.1 Å². The number of carbonyl (C=O) groups is 1. The molecule has 102 valence electrons. The molecule has 0 radical (unpaired) electrons. The number of hydrogen-bond donors (Lipinski definition) is 3. The molecule has 1 aromatic rings. The second-order valence-electron chi connectivity index (χ2n) is 4.84. The van der Waals surface area contributed by atoms with E-state index in [0.717, 1.165) is 13.1 Å². The van der Waals surface area contributed by atoms with Gasteiger partial charge in [0.2, 0.25) is 0 Å². The molecule has 0 unspecified atom stereocenters. The summed E-state index contributed by atoms with van der Waals surface area (Å²) in [5.74, 6) is 0.0747. The first-order valence-corrected chi connectivity index (χ1v) is 6.69. The van der Waals surface area contributed by atoms with Gasteiger partial charge in [-0.25, -0.2) is 5.43 Å². The normalized spacial score (nSPS) is 16.6. The lowest BCUT2D eigenvalue weighted by molar-refractivity contribution is -0.896. The Labute approximate surface area is 112 Å². The van der Waals surface area contributed by atoms with Crippen LogP contribution in [0.25, 0.3) is 0 Å². The van der Waals surface area contributed by atoms with E-state index in [1.165, 1.54) is 30.4 Å². The van der Waals surface area contributed by atoms with Crippen LogP contribution in [0.4, 0.5) is 0 Å². The molecule has 0 aromatic heterocycles. The number of likely N-dealkylation sites (tertiary alicyclic amines) is 1. The Kier molecular flexibility index (Phi) is 4.92. The third-order valence-electron chi connectivity index (χ3n) is 3.30. The van der Waals surface area contributed by atoms with Crippen molar-refractivity contribution in [2.45, 2.75) is 19.3 Å². The molecule has 0 spiro atoms. The first kappa shape index (κ1) is 13.5. The standard InChI is InChI=1S/C14H19N3O2/c18-13-7-3-2-6-12(13)10-15-16-14(19)11-17-8-4-1-5-9-17/h2-3,6-7,10,18H,1,4-5,8-9,11H2,(H,16,19)/p+1/b15-10+. The highest BCUT2D eigenvalue weighted by atomic mass is 16.3. The fraction of sp³-hybridized carbons (Fsp3) is 0.429. The number of rotatable bonds is 4. The van der Waals surface area contributed by atoms with Crippen molar-refractivity contribution in [1.82, 2.24) is 5.43 Å². The molecule has 1 heterocycles. The molecule has 0 aliphatic carbocycles. The smallest absolute Gasteiger partial charge is 0.295 e. The minimum Gasteiger partial charge on any atom is -0.507 e. The van der Waals surface area contributed by atoms with Crippen LogP contribution in [-0.4, -0.2) is 36.9 Å². The van der Waals surface area contributed by atoms with Gasteiger partial charge in [-0.15, -0.1) is 0 Å². The molecular formula is C14H20N3O2+. The number of para-hydroxylation sites is 1. The van der Waals surface area contributed by atoms with Gasteiger partial charge in [0.15, 0.2) is 6.54 Å². The Morgan fingerprint density at radius 3 is 2.79 bits per heavy atom. The van der Waals surface area contributed by atoms with Crippen molar-refractivity contribution in [2.24, 2.45) is 5.10 Å². The molecule has 1 aliphatic rings. The zero-order valence-electron chi connectivity index (χ0n) is 10.9. The number of nitrogens with zero attached hydrogens (tertiary/aromatic N) is 1. The Bertz CT molecular complexity index is 454. The molecule has 1 saturated heterocycles. The third kappa shape index (κ3) is 4.37. The number of phenols is 1. The van der Waals surface area contributed by atoms with E-state index in [9.17, 15) is 9.90 Å². The highest BCUT2D eigenvalue weighted by Gasteiger charge is 2.16. The molecular weight excluding hydrogens is 242 g/mol. The minimum atomic E-state index is -0.0800. The lowest BCUT2D eigenvalue weighted by Crippen LogP contribution is -3.13. The maximum atomic E-state index is 11.7. The van der Waals surface area contributed by atoms with Crippen molar-refractivity contribution in [3.05, 3.63) is 29.8 Å². The first-order valence-electron chi connectivity index (χ1n) is 6.69. The zero-order valence-corrected chi connectivity index (χ0v) is 10.9. The van der Waals surface area contributed by atoms with Crippen LogP contribution in [0, 0.1) is 0 Å². The van der Waals surface area contributed by atoms with E-state index in [-0.39, 0.29) is 11.7 Å². The Morgan fingerprint density at radius 2 is 2.05 bits per heavy atom. The van der Waals surface area contributed by atoms with Crippen LogP contribution < -0.4 is 10.3 Å². The van der Waals surface area contributed by atoms with Crippen LogP contribution in [0.3, 0.4) is 0 Å². The van der Waals surface area contributed by atoms with E-state index in [0.29, 0.717) is 12.1 Å². The zero-order chi connectivity index (χ0) is 13.5. The number of piperidine rings is 1. The summed E-state index contributed by atoms with van der Waals surface area (Å²) in [6.45, 7) is 2.60. The van der Waals surface area contributed by atoms with Crippen molar-refractivity contribution in [1.29, 1.82) is 0 Å². The molecule has 3 N–H and O–H groups in total. The van der Waals surface area contributed by atoms with E-state index >= 15 is 0 Å². The first-order chi connectivity index (χ1) is 9.25. The number of benzene rings is 1. The summed E-state index contributed by atoms with van der Waals surface area (Å²) in [6.07, 6.45) is 5.13. The van der Waals surface area contributed by atoms with Gasteiger partial charge in [0, 0.05) is 5.56 Å². The molecule has 1 aliphatic heterocycles. The maximum absolute atomic E-state index is 11.7. The molecule has 5 nitrogen and oxygen atoms in total. The van der Waals surface area contributed by atoms with Gasteiger partial charge in [0.25, 0.3) is 5.91 Å². The van der Waals surface area contributed by atoms with Crippen LogP contribution in [0.2, 0.25) is 0 Å². The van der Waals surface area contributed by atoms with Gasteiger partial charge in [0.05, 0.1) is 19.3 Å². The van der Waals surface area contributed by atoms with Crippen molar-refractivity contribution in [3.8, 4) is 5.75 Å². The average molecular weight is 262 g/mol. The summed E-state index contributed by atoms with van der Waals surface area (Å²) >= 11 is 0. The maximum Gasteiger partial charge on any atom is 0.295 e. The predicted octanol–water partition coefficient (Wildman–Crippen LogP) is -0.0889. The van der Waals surface area contributed by atoms with Crippen molar-refractivity contribution in [2.75, 3.05) is 19.6 Å². The van der Waals surface area contributed by atoms with E-state index in [4.69, 9.17) is 0 Å². The van der Waals surface area contributed by atoms with Gasteiger partial charge in [0.1, 0.15) is 5.75 Å². The average Bonchev–Trinajstić information content (AvgIpc) is 2.42. The summed E-state index contributed by atoms with van der Waals surface area (Å²) in [6, 6.07) is 6.87. The number of amides is 1. The van der Waals surface area contributed by atoms with E-state index < -0.39 is 0 Å². The monoisotopic (exact) mass is 262 g/mol. The van der Waals surface area contributed by atoms with Gasteiger partial charge < -0.3 is 10.0 Å². The molecule has 0 saturated carbocycles. The SMILES string of the molecule is O=C(C[NH+]1CCCCC1)N/N=C/c1ccccc1O. The number of aromatic hydroxyl groups is 1. The van der Waals surface area contributed by atoms with E-state index in [1.807, 2.05) is 0 Å². The summed E-state index contributed by atoms with van der Waals surface area (Å²) in [4.78, 5) is 13.0. The fourth-order valence-corrected chi connectivity index (χ4v) is 2.27. The minimum absolute atomic E-state index is 0.0800. The highest BCUT2D eigenvalue weighted by molar-refractivity contribution is 5.85. The summed E-state index contributed by atoms with van der Waals surface area (Å²) in [5.41, 5.74) is 3.10. The molecule has 0 atom stereocenters. The Hall–Kier alpha value is -1.88. The molecule has 1 fully saturated rings. The predicted molar refractivity (Wildman–Crippen MR) is 73.3 cm³/mol. The molecule has 1 amide bonds. The number of hydrazone groups is 1. The lowest BCUT2D eigenvalue weighted by Gasteiger charge is -2.22. The highest BCUT2D eigenvalue weighted by Crippen LogP contribution is 2.12. The lowest BCUT2D eigenvalue weighted by atomic mass is 10.1. The summed E-state index contributed by atoms with van der Waals surface area (Å²) < 4.78 is 0. The second kappa shape index (κ2) is 6.89. The molecule has 2 rings (SSSR count). The van der Waals surface area contributed by atoms with E-state index in [2.05, 4.69) is 10.5 Å². The van der Waals surface area contributed by atoms with Gasteiger partial charge in [-0.2, -0.15) is 5.10 Å². The fourth-order valence-electron chi connectivity index (χ4n) is 2.27. The molecule has 5 heteroatoms. The van der Waals surface area contributed by atoms with Crippen LogP contribution in [0.1, 0.15) is 24.8 Å². The molecule has 19 heavy (non-hydrogen) atoms. The molecule has 0 bridgehead atoms. The summed E-state index contributed by atoms with van der Waals surface area (Å²) in [7, 11) is 0. The van der Waals surface area contributed by atoms with E-state index in [1.54, 1.807) is 24.3 Å². The topological polar surface area (TPSA) is 66.1 Å². The number of phenolic OH excluding ortho intramolecular Hbond substituents is 1. The second-order valence-corrected chi connectivity index (χ2v) is 4.84. The van der Waals surface area contributed by atoms with Crippen LogP contribution >= 0.6 is 0 Å². The summed E-state index contributed by atoms with van der Waals surface area (Å²) in [5, 5.41) is 13.4. The van der Waals surface area contributed by atoms with Gasteiger partial charge in [-0.1, -0.05) is 12.1 Å². The van der Waals surface area contributed by atoms with Gasteiger partial charge >= 0.3 is 0 Å². The van der Waals surface area contributed by atoms with Crippen LogP contribution in [0.5, 0.6) is 5.75 Å². The third-order valence-corrected chi connectivity index (χ3v) is 3.30. The number of carbonyl (C=O) groups excluding carboxylic acids is 1. The number of quaternary nitrogens is 1. The van der Waals surface area contributed by atoms with Crippen molar-refractivity contribution < 1.29 is 14.8 Å². The van der Waals surface area contributed by atoms with Crippen molar-refractivity contribution in [3.63, 3.8) is 0 Å². The Balaban J connectivity index is 1.78. The van der Waals surface area contributed by atoms with Crippen LogP contribution in [-0.2, 0) is 4.79 Å². The van der Waals surface area contributed by atoms with Crippen LogP contribution in [0.15, 0.2) is 29.4 Å². The quantitative estimate of drug-likeness (QED) is 0.524. The van der Waals surface area contributed by atoms with Gasteiger partial charge in [-0.3, -0.25) is 4.79 Å². The number of nitrogens with one attached hydrogen (secondary N) is 2. The Morgan fingerprint density at radius 1 is 1.32 bits per heavy atom. The largest absolute Gasteiger partial charge is 0.507 e.